The number of hydrogen-bond donors (Lipinski definition) is 1. The van der Waals surface area contributed by atoms with Crippen molar-refractivity contribution in [3.8, 4) is 22.8 Å². The second-order valence-electron chi connectivity index (χ2n) is 9.32. The molecule has 1 aliphatic heterocycles. The van der Waals surface area contributed by atoms with Gasteiger partial charge in [0.25, 0.3) is 0 Å². The van der Waals surface area contributed by atoms with Gasteiger partial charge in [-0.05, 0) is 60.2 Å². The van der Waals surface area contributed by atoms with E-state index >= 15 is 0 Å². The minimum Gasteiger partial charge on any atom is -0.406 e. The summed E-state index contributed by atoms with van der Waals surface area (Å²) in [6.07, 6.45) is 0.742. The Hall–Kier alpha value is -4.32. The molecular weight excluding hydrogens is 541 g/mol. The summed E-state index contributed by atoms with van der Waals surface area (Å²) < 4.78 is 42.5. The summed E-state index contributed by atoms with van der Waals surface area (Å²) in [5, 5.41) is 8.82. The van der Waals surface area contributed by atoms with Crippen molar-refractivity contribution in [2.75, 3.05) is 10.7 Å². The second-order valence-corrected chi connectivity index (χ2v) is 10.4. The van der Waals surface area contributed by atoms with Crippen LogP contribution in [-0.2, 0) is 4.79 Å². The summed E-state index contributed by atoms with van der Waals surface area (Å²) in [6.45, 7) is 0. The number of anilines is 1. The van der Waals surface area contributed by atoms with Crippen molar-refractivity contribution in [3.05, 3.63) is 90.3 Å². The lowest BCUT2D eigenvalue weighted by Crippen LogP contribution is -2.40. The third-order valence-corrected chi connectivity index (χ3v) is 7.52. The maximum absolute atomic E-state index is 12.7. The molecule has 1 aromatic heterocycles. The molecule has 1 unspecified atom stereocenters. The molecule has 12 heteroatoms. The van der Waals surface area contributed by atoms with Crippen LogP contribution in [0.1, 0.15) is 29.9 Å². The van der Waals surface area contributed by atoms with Gasteiger partial charge in [-0.2, -0.15) is 5.10 Å². The lowest BCUT2D eigenvalue weighted by Gasteiger charge is -2.25. The smallest absolute Gasteiger partial charge is 0.406 e. The van der Waals surface area contributed by atoms with Crippen molar-refractivity contribution in [2.45, 2.75) is 30.6 Å². The van der Waals surface area contributed by atoms with E-state index in [9.17, 15) is 18.0 Å². The van der Waals surface area contributed by atoms with Gasteiger partial charge in [-0.1, -0.05) is 42.5 Å². The number of amides is 1. The zero-order valence-corrected chi connectivity index (χ0v) is 21.8. The summed E-state index contributed by atoms with van der Waals surface area (Å²) in [6, 6.07) is 20.9. The molecule has 1 amide bonds. The number of carbonyl (C=O) groups excluding carboxylic acids is 1. The maximum Gasteiger partial charge on any atom is 0.573 e. The summed E-state index contributed by atoms with van der Waals surface area (Å²) in [7, 11) is 0. The lowest BCUT2D eigenvalue weighted by atomic mass is 10.1. The Morgan fingerprint density at radius 3 is 2.50 bits per heavy atom. The minimum atomic E-state index is -4.74. The number of thioether (sulfide) groups is 1. The number of ether oxygens (including phenoxy) is 1. The molecule has 0 bridgehead atoms. The molecule has 3 aromatic carbocycles. The van der Waals surface area contributed by atoms with Crippen molar-refractivity contribution in [2.24, 2.45) is 5.10 Å². The Bertz CT molecular complexity index is 1530. The zero-order valence-electron chi connectivity index (χ0n) is 21.0. The van der Waals surface area contributed by atoms with Gasteiger partial charge < -0.3 is 4.74 Å². The van der Waals surface area contributed by atoms with Crippen molar-refractivity contribution in [3.63, 3.8) is 0 Å². The largest absolute Gasteiger partial charge is 0.573 e. The van der Waals surface area contributed by atoms with Crippen LogP contribution in [0.3, 0.4) is 0 Å². The summed E-state index contributed by atoms with van der Waals surface area (Å²) in [4.78, 5) is 18.8. The number of carbonyl (C=O) groups is 1. The molecule has 2 fully saturated rings. The number of para-hydroxylation sites is 1. The molecule has 6 rings (SSSR count). The number of halogens is 3. The molecule has 1 aliphatic carbocycles. The van der Waals surface area contributed by atoms with Crippen LogP contribution in [0.2, 0.25) is 0 Å². The van der Waals surface area contributed by atoms with Gasteiger partial charge in [0.15, 0.2) is 11.3 Å². The molecule has 1 atom stereocenters. The van der Waals surface area contributed by atoms with E-state index in [0.717, 1.165) is 29.7 Å². The second kappa shape index (κ2) is 10.7. The molecule has 0 spiro atoms. The van der Waals surface area contributed by atoms with Gasteiger partial charge in [-0.15, -0.1) is 30.0 Å². The molecule has 1 N–H and O–H groups in total. The van der Waals surface area contributed by atoms with Crippen LogP contribution in [0.5, 0.6) is 5.75 Å². The number of hydrazone groups is 1. The fraction of sp³-hybridized carbons (Fsp3) is 0.214. The number of aromatic nitrogens is 3. The van der Waals surface area contributed by atoms with Crippen LogP contribution >= 0.6 is 11.8 Å². The summed E-state index contributed by atoms with van der Waals surface area (Å²) >= 11 is 1.51. The highest BCUT2D eigenvalue weighted by molar-refractivity contribution is 8.01. The van der Waals surface area contributed by atoms with Crippen molar-refractivity contribution >= 4 is 29.6 Å². The van der Waals surface area contributed by atoms with Gasteiger partial charge in [0.2, 0.25) is 5.91 Å². The standard InChI is InChI=1S/C28H23F3N6O2S/c29-28(30,31)39-22-13-11-21(12-14-22)36-17-32-26(35-36)20-7-5-18(6-8-20)15-33-34-27-37(25(38)16-40-27)24-4-2-1-3-23(24)19-9-10-19/h1-8,11-15,17,19,27,34H,9-10,16H2/b33-15+. The lowest BCUT2D eigenvalue weighted by molar-refractivity contribution is -0.274. The fourth-order valence-electron chi connectivity index (χ4n) is 4.44. The average Bonchev–Trinajstić information content (AvgIpc) is 3.56. The first kappa shape index (κ1) is 25.9. The van der Waals surface area contributed by atoms with E-state index in [0.29, 0.717) is 23.2 Å². The van der Waals surface area contributed by atoms with Gasteiger partial charge >= 0.3 is 6.36 Å². The first-order chi connectivity index (χ1) is 19.3. The third kappa shape index (κ3) is 5.81. The number of rotatable bonds is 8. The van der Waals surface area contributed by atoms with E-state index in [4.69, 9.17) is 0 Å². The Kier molecular flexibility index (Phi) is 6.93. The molecule has 1 saturated carbocycles. The van der Waals surface area contributed by atoms with Gasteiger partial charge in [0.05, 0.1) is 23.3 Å². The predicted octanol–water partition coefficient (Wildman–Crippen LogP) is 5.70. The first-order valence-corrected chi connectivity index (χ1v) is 13.6. The maximum atomic E-state index is 12.7. The summed E-state index contributed by atoms with van der Waals surface area (Å²) in [5.74, 6) is 1.14. The number of benzene rings is 3. The molecule has 2 heterocycles. The highest BCUT2D eigenvalue weighted by Gasteiger charge is 2.36. The highest BCUT2D eigenvalue weighted by Crippen LogP contribution is 2.45. The third-order valence-electron chi connectivity index (χ3n) is 6.48. The van der Waals surface area contributed by atoms with Gasteiger partial charge in [0, 0.05) is 5.56 Å². The summed E-state index contributed by atoms with van der Waals surface area (Å²) in [5.41, 5.74) is 7.15. The van der Waals surface area contributed by atoms with Gasteiger partial charge in [-0.3, -0.25) is 15.1 Å². The first-order valence-electron chi connectivity index (χ1n) is 12.5. The van der Waals surface area contributed by atoms with E-state index in [1.54, 1.807) is 11.1 Å². The monoisotopic (exact) mass is 564 g/mol. The number of nitrogens with one attached hydrogen (secondary N) is 1. The van der Waals surface area contributed by atoms with Crippen LogP contribution in [0.25, 0.3) is 17.1 Å². The van der Waals surface area contributed by atoms with Gasteiger partial charge in [0.1, 0.15) is 12.1 Å². The van der Waals surface area contributed by atoms with Crippen LogP contribution in [-0.4, -0.2) is 44.5 Å². The van der Waals surface area contributed by atoms with Crippen molar-refractivity contribution < 1.29 is 22.7 Å². The molecule has 4 aromatic rings. The molecule has 204 valence electrons. The highest BCUT2D eigenvalue weighted by atomic mass is 32.2. The minimum absolute atomic E-state index is 0.0627. The number of alkyl halides is 3. The molecule has 8 nitrogen and oxygen atoms in total. The van der Waals surface area contributed by atoms with E-state index in [-0.39, 0.29) is 17.2 Å². The number of nitrogens with zero attached hydrogens (tertiary/aromatic N) is 5. The van der Waals surface area contributed by atoms with Crippen LogP contribution in [0.4, 0.5) is 18.9 Å². The predicted molar refractivity (Wildman–Crippen MR) is 146 cm³/mol. The zero-order chi connectivity index (χ0) is 27.7. The Labute approximate surface area is 231 Å². The van der Waals surface area contributed by atoms with Gasteiger partial charge in [-0.25, -0.2) is 9.67 Å². The Morgan fingerprint density at radius 1 is 1.02 bits per heavy atom. The van der Waals surface area contributed by atoms with Crippen LogP contribution < -0.4 is 15.1 Å². The average molecular weight is 565 g/mol. The SMILES string of the molecule is O=C1CSC(N/N=C/c2ccc(-c3ncn(-c4ccc(OC(F)(F)F)cc4)n3)cc2)N1c1ccccc1C1CC1. The Balaban J connectivity index is 1.09. The topological polar surface area (TPSA) is 84.6 Å². The van der Waals surface area contributed by atoms with Crippen LogP contribution in [0, 0.1) is 0 Å². The van der Waals surface area contributed by atoms with E-state index in [1.807, 2.05) is 42.5 Å². The van der Waals surface area contributed by atoms with Crippen molar-refractivity contribution in [1.29, 1.82) is 0 Å². The molecule has 40 heavy (non-hydrogen) atoms. The normalized spacial score (nSPS) is 17.5. The van der Waals surface area contributed by atoms with E-state index in [1.165, 1.54) is 52.6 Å². The van der Waals surface area contributed by atoms with E-state index < -0.39 is 6.36 Å². The molecule has 2 aliphatic rings. The van der Waals surface area contributed by atoms with Crippen molar-refractivity contribution in [1.82, 2.24) is 20.2 Å². The van der Waals surface area contributed by atoms with Crippen LogP contribution in [0.15, 0.2) is 84.2 Å². The number of hydrogen-bond acceptors (Lipinski definition) is 7. The molecular formula is C28H23F3N6O2S. The fourth-order valence-corrected chi connectivity index (χ4v) is 5.40. The Morgan fingerprint density at radius 2 is 1.77 bits per heavy atom. The quantitative estimate of drug-likeness (QED) is 0.218. The molecule has 0 radical (unpaired) electrons. The van der Waals surface area contributed by atoms with E-state index in [2.05, 4.69) is 31.4 Å². The molecule has 1 saturated heterocycles.